The summed E-state index contributed by atoms with van der Waals surface area (Å²) in [5.41, 5.74) is -5.68. The van der Waals surface area contributed by atoms with Crippen LogP contribution in [0.1, 0.15) is 0 Å². The Labute approximate surface area is 116 Å². The lowest BCUT2D eigenvalue weighted by Crippen LogP contribution is -2.70. The van der Waals surface area contributed by atoms with Crippen molar-refractivity contribution in [1.29, 1.82) is 0 Å². The van der Waals surface area contributed by atoms with Crippen LogP contribution in [0.25, 0.3) is 0 Å². The first kappa shape index (κ1) is 20.0. The largest absolute Gasteiger partial charge is 0.460 e. The van der Waals surface area contributed by atoms with E-state index < -0.39 is 48.3 Å². The Morgan fingerprint density at radius 3 is 0.870 bits per heavy atom. The summed E-state index contributed by atoms with van der Waals surface area (Å²) >= 11 is 0. The lowest BCUT2D eigenvalue weighted by Gasteiger charge is -2.38. The minimum atomic E-state index is -7.36. The molecule has 138 valence electrons. The van der Waals surface area contributed by atoms with Gasteiger partial charge in [0.15, 0.2) is 0 Å². The number of epoxide rings is 1. The van der Waals surface area contributed by atoms with Gasteiger partial charge in [0.25, 0.3) is 0 Å². The van der Waals surface area contributed by atoms with Gasteiger partial charge in [0.05, 0.1) is 6.61 Å². The summed E-state index contributed by atoms with van der Waals surface area (Å²) in [6.45, 7) is -2.58. The zero-order valence-corrected chi connectivity index (χ0v) is 9.91. The Bertz CT molecular complexity index is 426. The predicted octanol–water partition coefficient (Wildman–Crippen LogP) is 4.42. The van der Waals surface area contributed by atoms with E-state index in [1.165, 1.54) is 0 Å². The summed E-state index contributed by atoms with van der Waals surface area (Å²) in [6, 6.07) is 0. The Morgan fingerprint density at radius 2 is 0.739 bits per heavy atom. The molecule has 0 aromatic rings. The van der Waals surface area contributed by atoms with Gasteiger partial charge in [0.2, 0.25) is 5.60 Å². The minimum absolute atomic E-state index is 2.58. The number of hydrogen-bond acceptors (Lipinski definition) is 1. The average Bonchev–Trinajstić information content (AvgIpc) is 3.06. The van der Waals surface area contributed by atoms with Crippen LogP contribution < -0.4 is 0 Å². The summed E-state index contributed by atoms with van der Waals surface area (Å²) in [7, 11) is 0. The van der Waals surface area contributed by atoms with Crippen LogP contribution in [0.3, 0.4) is 0 Å². The summed E-state index contributed by atoms with van der Waals surface area (Å²) in [5, 5.41) is 0. The summed E-state index contributed by atoms with van der Waals surface area (Å²) in [6.07, 6.45) is -14.4. The smallest absolute Gasteiger partial charge is 0.357 e. The molecule has 0 N–H and O–H groups in total. The monoisotopic (exact) mass is 380 g/mol. The molecule has 0 amide bonds. The van der Waals surface area contributed by atoms with Crippen LogP contribution in [-0.4, -0.2) is 48.3 Å². The van der Waals surface area contributed by atoms with Crippen molar-refractivity contribution in [2.24, 2.45) is 0 Å². The zero-order chi connectivity index (χ0) is 18.9. The molecule has 0 radical (unpaired) electrons. The van der Waals surface area contributed by atoms with E-state index in [1.54, 1.807) is 0 Å². The molecule has 0 aromatic heterocycles. The maximum atomic E-state index is 13.2. The van der Waals surface area contributed by atoms with Crippen molar-refractivity contribution in [2.75, 3.05) is 6.61 Å². The highest BCUT2D eigenvalue weighted by atomic mass is 19.4. The molecule has 1 aliphatic rings. The maximum Gasteiger partial charge on any atom is 0.460 e. The van der Waals surface area contributed by atoms with Crippen molar-refractivity contribution in [1.82, 2.24) is 0 Å². The van der Waals surface area contributed by atoms with E-state index in [0.29, 0.717) is 0 Å². The molecule has 0 saturated carbocycles. The van der Waals surface area contributed by atoms with Crippen molar-refractivity contribution in [2.45, 2.75) is 41.6 Å². The van der Waals surface area contributed by atoms with Crippen molar-refractivity contribution in [3.8, 4) is 0 Å². The molecule has 1 fully saturated rings. The summed E-state index contributed by atoms with van der Waals surface area (Å²) < 4.78 is 177. The molecule has 0 unspecified atom stereocenters. The van der Waals surface area contributed by atoms with Gasteiger partial charge in [-0.25, -0.2) is 0 Å². The molecule has 1 rings (SSSR count). The van der Waals surface area contributed by atoms with Gasteiger partial charge in [-0.1, -0.05) is 0 Å². The van der Waals surface area contributed by atoms with Crippen LogP contribution in [0.15, 0.2) is 0 Å². The lowest BCUT2D eigenvalue weighted by molar-refractivity contribution is -0.414. The van der Waals surface area contributed by atoms with E-state index in [-0.39, 0.29) is 0 Å². The second kappa shape index (κ2) is 4.53. The highest BCUT2D eigenvalue weighted by Gasteiger charge is 2.96. The van der Waals surface area contributed by atoms with E-state index in [0.717, 1.165) is 0 Å². The molecular weight excluding hydrogens is 378 g/mol. The number of ether oxygens (including phenoxy) is 1. The van der Waals surface area contributed by atoms with E-state index in [9.17, 15) is 61.5 Å². The molecule has 0 bridgehead atoms. The number of alkyl halides is 14. The highest BCUT2D eigenvalue weighted by molar-refractivity contribution is 5.22. The average molecular weight is 380 g/mol. The van der Waals surface area contributed by atoms with Crippen molar-refractivity contribution >= 4 is 0 Å². The Balaban J connectivity index is 3.48. The predicted molar refractivity (Wildman–Crippen MR) is 40.6 cm³/mol. The maximum absolute atomic E-state index is 13.2. The molecule has 1 nitrogen and oxygen atoms in total. The minimum Gasteiger partial charge on any atom is -0.357 e. The topological polar surface area (TPSA) is 12.5 Å². The molecule has 0 spiro atoms. The van der Waals surface area contributed by atoms with E-state index in [4.69, 9.17) is 0 Å². The number of halogens is 14. The van der Waals surface area contributed by atoms with Gasteiger partial charge in [0.1, 0.15) is 0 Å². The normalized spacial score (nSPS) is 20.6. The van der Waals surface area contributed by atoms with Crippen LogP contribution in [-0.2, 0) is 4.74 Å². The Hall–Kier alpha value is -1.02. The fourth-order valence-electron chi connectivity index (χ4n) is 1.50. The van der Waals surface area contributed by atoms with Gasteiger partial charge in [0, 0.05) is 0 Å². The van der Waals surface area contributed by atoms with E-state index >= 15 is 0 Å². The fraction of sp³-hybridized carbons (Fsp3) is 1.00. The second-order valence-corrected chi connectivity index (χ2v) is 4.41. The fourth-order valence-corrected chi connectivity index (χ4v) is 1.50. The second-order valence-electron chi connectivity index (χ2n) is 4.41. The highest BCUT2D eigenvalue weighted by Crippen LogP contribution is 2.66. The molecule has 23 heavy (non-hydrogen) atoms. The SMILES string of the molecule is FC(F)(F)C(F)(F)C(F)(F)C1(C(F)(F)C(F)(F)C(F)(F)F)CO1. The first-order valence-corrected chi connectivity index (χ1v) is 4.99. The Morgan fingerprint density at radius 1 is 0.522 bits per heavy atom. The molecule has 0 aromatic carbocycles. The third-order valence-electron chi connectivity index (χ3n) is 2.95. The molecule has 15 heteroatoms. The number of rotatable bonds is 4. The van der Waals surface area contributed by atoms with Gasteiger partial charge in [-0.05, 0) is 0 Å². The lowest BCUT2D eigenvalue weighted by atomic mass is 9.86. The van der Waals surface area contributed by atoms with Crippen LogP contribution in [0, 0.1) is 0 Å². The molecule has 1 aliphatic heterocycles. The van der Waals surface area contributed by atoms with E-state index in [1.807, 2.05) is 0 Å². The quantitative estimate of drug-likeness (QED) is 0.520. The van der Waals surface area contributed by atoms with Crippen LogP contribution >= 0.6 is 0 Å². The number of hydrogen-bond donors (Lipinski definition) is 0. The van der Waals surface area contributed by atoms with Crippen LogP contribution in [0.4, 0.5) is 61.5 Å². The molecule has 0 aliphatic carbocycles. The van der Waals surface area contributed by atoms with Gasteiger partial charge in [-0.2, -0.15) is 61.5 Å². The zero-order valence-electron chi connectivity index (χ0n) is 9.91. The van der Waals surface area contributed by atoms with Crippen LogP contribution in [0.5, 0.6) is 0 Å². The molecule has 1 heterocycles. The van der Waals surface area contributed by atoms with Gasteiger partial charge in [-0.15, -0.1) is 0 Å². The first-order valence-electron chi connectivity index (χ1n) is 4.99. The standard InChI is InChI=1S/C8H2F14O/c9-3(10,5(13,14)7(17,18)19)2(1-23-2)4(11,12)6(15,16)8(20,21)22/h1H2. The molecular formula is C8H2F14O. The van der Waals surface area contributed by atoms with E-state index in [2.05, 4.69) is 4.74 Å². The van der Waals surface area contributed by atoms with Gasteiger partial charge in [-0.3, -0.25) is 0 Å². The van der Waals surface area contributed by atoms with Crippen molar-refractivity contribution in [3.05, 3.63) is 0 Å². The first-order chi connectivity index (χ1) is 9.71. The molecule has 1 saturated heterocycles. The van der Waals surface area contributed by atoms with Crippen molar-refractivity contribution < 1.29 is 66.2 Å². The third-order valence-corrected chi connectivity index (χ3v) is 2.95. The van der Waals surface area contributed by atoms with Crippen molar-refractivity contribution in [3.63, 3.8) is 0 Å². The summed E-state index contributed by atoms with van der Waals surface area (Å²) in [5.74, 6) is -28.9. The summed E-state index contributed by atoms with van der Waals surface area (Å²) in [4.78, 5) is 0. The molecule has 0 atom stereocenters. The third kappa shape index (κ3) is 2.25. The van der Waals surface area contributed by atoms with Gasteiger partial charge < -0.3 is 4.74 Å². The van der Waals surface area contributed by atoms with Crippen LogP contribution in [0.2, 0.25) is 0 Å². The van der Waals surface area contributed by atoms with Gasteiger partial charge >= 0.3 is 36.0 Å². The Kier molecular flexibility index (Phi) is 3.95.